The average Bonchev–Trinajstić information content (AvgIpc) is 3.36. The number of hydrogen-bond donors (Lipinski definition) is 1. The van der Waals surface area contributed by atoms with Crippen LogP contribution in [0.3, 0.4) is 0 Å². The van der Waals surface area contributed by atoms with Crippen molar-refractivity contribution >= 4 is 22.8 Å². The van der Waals surface area contributed by atoms with Crippen molar-refractivity contribution in [3.05, 3.63) is 17.8 Å². The number of ether oxygens (including phenoxy) is 1. The van der Waals surface area contributed by atoms with Crippen LogP contribution in [0.5, 0.6) is 0 Å². The zero-order valence-corrected chi connectivity index (χ0v) is 22.1. The summed E-state index contributed by atoms with van der Waals surface area (Å²) < 4.78 is 7.07. The molecule has 5 heterocycles. The highest BCUT2D eigenvalue weighted by molar-refractivity contribution is 6.04. The van der Waals surface area contributed by atoms with Crippen LogP contribution in [0.15, 0.2) is 12.1 Å². The topological polar surface area (TPSA) is 78.8 Å². The lowest BCUT2D eigenvalue weighted by Crippen LogP contribution is -2.46. The first-order valence-corrected chi connectivity index (χ1v) is 13.9. The number of carbonyl (C=O) groups excluding carboxylic acids is 1. The lowest BCUT2D eigenvalue weighted by Gasteiger charge is -2.33. The summed E-state index contributed by atoms with van der Waals surface area (Å²) in [6.45, 7) is 9.62. The monoisotopic (exact) mass is 497 g/mol. The van der Waals surface area contributed by atoms with E-state index in [2.05, 4.69) is 31.2 Å². The van der Waals surface area contributed by atoms with Crippen LogP contribution in [-0.4, -0.2) is 103 Å². The summed E-state index contributed by atoms with van der Waals surface area (Å²) in [5.41, 5.74) is 1.27. The molecule has 0 aromatic carbocycles. The van der Waals surface area contributed by atoms with Gasteiger partial charge in [-0.2, -0.15) is 5.10 Å². The van der Waals surface area contributed by atoms with Gasteiger partial charge in [-0.05, 0) is 56.7 Å². The van der Waals surface area contributed by atoms with Gasteiger partial charge < -0.3 is 24.8 Å². The van der Waals surface area contributed by atoms with E-state index in [1.165, 1.54) is 38.6 Å². The molecule has 0 aliphatic carbocycles. The van der Waals surface area contributed by atoms with E-state index >= 15 is 0 Å². The third-order valence-electron chi connectivity index (χ3n) is 8.24. The highest BCUT2D eigenvalue weighted by Gasteiger charge is 2.26. The number of anilines is 1. The maximum Gasteiger partial charge on any atom is 0.272 e. The second kappa shape index (κ2) is 11.9. The number of nitrogens with zero attached hydrogens (tertiary/aromatic N) is 6. The molecule has 1 atom stereocenters. The predicted octanol–water partition coefficient (Wildman–Crippen LogP) is 2.51. The molecule has 9 heteroatoms. The van der Waals surface area contributed by atoms with Crippen LogP contribution in [0.25, 0.3) is 11.0 Å². The van der Waals surface area contributed by atoms with Crippen molar-refractivity contribution in [1.29, 1.82) is 0 Å². The normalized spacial score (nSPS) is 22.8. The van der Waals surface area contributed by atoms with Gasteiger partial charge in [0.15, 0.2) is 11.3 Å². The van der Waals surface area contributed by atoms with Crippen molar-refractivity contribution < 1.29 is 9.53 Å². The Kier molecular flexibility index (Phi) is 8.39. The van der Waals surface area contributed by atoms with Crippen molar-refractivity contribution in [2.45, 2.75) is 51.0 Å². The van der Waals surface area contributed by atoms with Gasteiger partial charge in [0.05, 0.1) is 12.0 Å². The van der Waals surface area contributed by atoms with Crippen LogP contribution >= 0.6 is 0 Å². The molecule has 0 saturated carbocycles. The Bertz CT molecular complexity index is 1010. The Morgan fingerprint density at radius 3 is 2.47 bits per heavy atom. The van der Waals surface area contributed by atoms with Crippen molar-refractivity contribution in [3.63, 3.8) is 0 Å². The number of hydrogen-bond acceptors (Lipinski definition) is 7. The van der Waals surface area contributed by atoms with E-state index in [-0.39, 0.29) is 11.9 Å². The number of piperidine rings is 1. The molecule has 198 valence electrons. The molecule has 0 radical (unpaired) electrons. The van der Waals surface area contributed by atoms with Crippen LogP contribution in [0.4, 0.5) is 5.82 Å². The van der Waals surface area contributed by atoms with Gasteiger partial charge in [0.25, 0.3) is 5.91 Å². The summed E-state index contributed by atoms with van der Waals surface area (Å²) in [7, 11) is 3.68. The Hall–Kier alpha value is -2.23. The van der Waals surface area contributed by atoms with Crippen molar-refractivity contribution in [2.75, 3.05) is 71.0 Å². The summed E-state index contributed by atoms with van der Waals surface area (Å²) in [6.07, 6.45) is 8.23. The number of nitrogens with one attached hydrogen (secondary N) is 1. The van der Waals surface area contributed by atoms with Crippen LogP contribution < -0.4 is 10.2 Å². The fraction of sp³-hybridized carbons (Fsp3) is 0.741. The van der Waals surface area contributed by atoms with Gasteiger partial charge >= 0.3 is 0 Å². The number of pyridine rings is 1. The minimum absolute atomic E-state index is 0.0791. The molecule has 2 aromatic heterocycles. The van der Waals surface area contributed by atoms with Crippen molar-refractivity contribution in [2.24, 2.45) is 13.0 Å². The minimum atomic E-state index is -0.0791. The first-order valence-electron chi connectivity index (χ1n) is 13.9. The van der Waals surface area contributed by atoms with E-state index in [1.807, 2.05) is 13.1 Å². The molecule has 1 amide bonds. The molecule has 3 saturated heterocycles. The van der Waals surface area contributed by atoms with Gasteiger partial charge in [-0.3, -0.25) is 4.79 Å². The number of aromatic nitrogens is 3. The third kappa shape index (κ3) is 6.01. The summed E-state index contributed by atoms with van der Waals surface area (Å²) >= 11 is 0. The molecule has 1 N–H and O–H groups in total. The highest BCUT2D eigenvalue weighted by atomic mass is 16.5. The largest absolute Gasteiger partial charge is 0.384 e. The van der Waals surface area contributed by atoms with Gasteiger partial charge in [0, 0.05) is 66.0 Å². The van der Waals surface area contributed by atoms with Gasteiger partial charge in [-0.15, -0.1) is 0 Å². The molecule has 3 fully saturated rings. The second-order valence-electron chi connectivity index (χ2n) is 10.9. The molecule has 5 rings (SSSR count). The zero-order chi connectivity index (χ0) is 24.9. The van der Waals surface area contributed by atoms with Gasteiger partial charge in [-0.1, -0.05) is 12.8 Å². The lowest BCUT2D eigenvalue weighted by molar-refractivity contribution is 0.0903. The molecule has 0 bridgehead atoms. The molecule has 0 spiro atoms. The number of carbonyl (C=O) groups is 1. The van der Waals surface area contributed by atoms with E-state index in [0.29, 0.717) is 11.6 Å². The molecule has 1 unspecified atom stereocenters. The van der Waals surface area contributed by atoms with E-state index in [0.717, 1.165) is 82.1 Å². The standard InChI is InChI=1S/C27H43N7O2/c1-31-26-23(7-8-24(29-26)34-12-5-3-4-6-13-34)25(30-31)27(35)28-22-10-15-32(16-11-22)17-18-33-14-9-21(19-33)20-36-2/h7-8,21-22H,3-6,9-20H2,1-2H3,(H,28,35). The smallest absolute Gasteiger partial charge is 0.272 e. The minimum Gasteiger partial charge on any atom is -0.384 e. The van der Waals surface area contributed by atoms with E-state index in [9.17, 15) is 4.79 Å². The average molecular weight is 498 g/mol. The number of aryl methyl sites for hydroxylation is 1. The Morgan fingerprint density at radius 1 is 1.00 bits per heavy atom. The third-order valence-corrected chi connectivity index (χ3v) is 8.24. The summed E-state index contributed by atoms with van der Waals surface area (Å²) in [5.74, 6) is 1.61. The number of methoxy groups -OCH3 is 1. The quantitative estimate of drug-likeness (QED) is 0.600. The van der Waals surface area contributed by atoms with Crippen LogP contribution in [0.2, 0.25) is 0 Å². The Labute approximate surface area is 215 Å². The number of rotatable bonds is 8. The molecular weight excluding hydrogens is 454 g/mol. The van der Waals surface area contributed by atoms with Crippen LogP contribution in [0, 0.1) is 5.92 Å². The number of likely N-dealkylation sites (tertiary alicyclic amines) is 2. The lowest BCUT2D eigenvalue weighted by atomic mass is 10.0. The number of fused-ring (bicyclic) bond motifs is 1. The summed E-state index contributed by atoms with van der Waals surface area (Å²) in [5, 5.41) is 8.66. The SMILES string of the molecule is COCC1CCN(CCN2CCC(NC(=O)c3nn(C)c4nc(N5CCCCCC5)ccc34)CC2)C1. The van der Waals surface area contributed by atoms with Crippen LogP contribution in [0.1, 0.15) is 55.4 Å². The molecular formula is C27H43N7O2. The molecule has 9 nitrogen and oxygen atoms in total. The maximum absolute atomic E-state index is 13.2. The summed E-state index contributed by atoms with van der Waals surface area (Å²) in [4.78, 5) is 25.6. The molecule has 3 aliphatic rings. The van der Waals surface area contributed by atoms with Crippen molar-refractivity contribution in [3.8, 4) is 0 Å². The molecule has 3 aliphatic heterocycles. The molecule has 2 aromatic rings. The van der Waals surface area contributed by atoms with Gasteiger partial charge in [0.2, 0.25) is 0 Å². The van der Waals surface area contributed by atoms with Crippen LogP contribution in [-0.2, 0) is 11.8 Å². The van der Waals surface area contributed by atoms with Crippen molar-refractivity contribution in [1.82, 2.24) is 29.9 Å². The maximum atomic E-state index is 13.2. The highest BCUT2D eigenvalue weighted by Crippen LogP contribution is 2.24. The number of amides is 1. The van der Waals surface area contributed by atoms with E-state index in [4.69, 9.17) is 9.72 Å². The first kappa shape index (κ1) is 25.4. The van der Waals surface area contributed by atoms with E-state index < -0.39 is 0 Å². The van der Waals surface area contributed by atoms with Gasteiger partial charge in [-0.25, -0.2) is 9.67 Å². The fourth-order valence-corrected chi connectivity index (χ4v) is 6.09. The van der Waals surface area contributed by atoms with Gasteiger partial charge in [0.1, 0.15) is 5.82 Å². The fourth-order valence-electron chi connectivity index (χ4n) is 6.09. The Balaban J connectivity index is 1.12. The second-order valence-corrected chi connectivity index (χ2v) is 10.9. The van der Waals surface area contributed by atoms with E-state index in [1.54, 1.807) is 11.8 Å². The zero-order valence-electron chi connectivity index (χ0n) is 22.1. The Morgan fingerprint density at radius 2 is 1.72 bits per heavy atom. The summed E-state index contributed by atoms with van der Waals surface area (Å²) in [6, 6.07) is 4.29. The molecule has 36 heavy (non-hydrogen) atoms. The first-order chi connectivity index (χ1) is 17.6. The predicted molar refractivity (Wildman–Crippen MR) is 143 cm³/mol.